The molecule has 0 aliphatic carbocycles. The van der Waals surface area contributed by atoms with Gasteiger partial charge < -0.3 is 10.3 Å². The molecule has 3 heteroatoms. The lowest BCUT2D eigenvalue weighted by Gasteiger charge is -2.18. The molecule has 1 atom stereocenters. The predicted octanol–water partition coefficient (Wildman–Crippen LogP) is 3.53. The van der Waals surface area contributed by atoms with Crippen LogP contribution in [0.25, 0.3) is 11.0 Å². The number of benzene rings is 1. The first kappa shape index (κ1) is 12.0. The smallest absolute Gasteiger partial charge is 0.201 e. The van der Waals surface area contributed by atoms with Crippen LogP contribution in [0.5, 0.6) is 0 Å². The molecule has 1 aromatic carbocycles. The highest BCUT2D eigenvalue weighted by molar-refractivity contribution is 5.79. The van der Waals surface area contributed by atoms with Crippen LogP contribution in [0, 0.1) is 12.8 Å². The molecule has 0 saturated carbocycles. The maximum absolute atomic E-state index is 6.03. The van der Waals surface area contributed by atoms with E-state index in [9.17, 15) is 0 Å². The summed E-state index contributed by atoms with van der Waals surface area (Å²) >= 11 is 0. The second-order valence-corrected chi connectivity index (χ2v) is 5.31. The van der Waals surface area contributed by atoms with E-state index < -0.39 is 0 Å². The zero-order chi connectivity index (χ0) is 12.6. The van der Waals surface area contributed by atoms with Gasteiger partial charge in [0.25, 0.3) is 0 Å². The van der Waals surface area contributed by atoms with Crippen LogP contribution in [0.15, 0.2) is 18.2 Å². The van der Waals surface area contributed by atoms with Crippen molar-refractivity contribution >= 4 is 17.0 Å². The summed E-state index contributed by atoms with van der Waals surface area (Å²) in [5, 5.41) is 0. The first-order chi connectivity index (χ1) is 7.99. The monoisotopic (exact) mass is 231 g/mol. The van der Waals surface area contributed by atoms with Crippen molar-refractivity contribution in [3.8, 4) is 0 Å². The molecule has 1 unspecified atom stereocenters. The summed E-state index contributed by atoms with van der Waals surface area (Å²) in [6, 6.07) is 6.67. The molecular weight excluding hydrogens is 210 g/mol. The van der Waals surface area contributed by atoms with Crippen LogP contribution < -0.4 is 5.73 Å². The number of fused-ring (bicyclic) bond motifs is 1. The average molecular weight is 231 g/mol. The third-order valence-corrected chi connectivity index (χ3v) is 3.13. The average Bonchev–Trinajstić information content (AvgIpc) is 2.52. The molecule has 3 nitrogen and oxygen atoms in total. The highest BCUT2D eigenvalue weighted by Crippen LogP contribution is 2.27. The Labute approximate surface area is 103 Å². The summed E-state index contributed by atoms with van der Waals surface area (Å²) < 4.78 is 2.16. The highest BCUT2D eigenvalue weighted by Gasteiger charge is 2.14. The van der Waals surface area contributed by atoms with Crippen LogP contribution in [0.4, 0.5) is 5.95 Å². The van der Waals surface area contributed by atoms with Crippen molar-refractivity contribution in [1.82, 2.24) is 9.55 Å². The third-order valence-electron chi connectivity index (χ3n) is 3.13. The lowest BCUT2D eigenvalue weighted by molar-refractivity contribution is 0.439. The third kappa shape index (κ3) is 2.28. The van der Waals surface area contributed by atoms with Crippen molar-refractivity contribution in [3.05, 3.63) is 23.8 Å². The van der Waals surface area contributed by atoms with Gasteiger partial charge in [0, 0.05) is 6.04 Å². The summed E-state index contributed by atoms with van der Waals surface area (Å²) in [5.74, 6) is 1.28. The summed E-state index contributed by atoms with van der Waals surface area (Å²) in [5.41, 5.74) is 9.42. The summed E-state index contributed by atoms with van der Waals surface area (Å²) in [7, 11) is 0. The van der Waals surface area contributed by atoms with Gasteiger partial charge in [0.05, 0.1) is 11.0 Å². The number of nitrogen functional groups attached to an aromatic ring is 1. The van der Waals surface area contributed by atoms with E-state index in [0.29, 0.717) is 17.9 Å². The SMILES string of the molecule is Cc1ccc2nc(N)n(C(C)CC(C)C)c2c1. The number of hydrogen-bond donors (Lipinski definition) is 1. The fourth-order valence-electron chi connectivity index (χ4n) is 2.47. The molecule has 2 aromatic rings. The molecule has 0 bridgehead atoms. The molecule has 0 aliphatic rings. The number of hydrogen-bond acceptors (Lipinski definition) is 2. The lowest BCUT2D eigenvalue weighted by atomic mass is 10.0. The van der Waals surface area contributed by atoms with E-state index in [0.717, 1.165) is 17.5 Å². The zero-order valence-corrected chi connectivity index (χ0v) is 11.1. The number of imidazole rings is 1. The summed E-state index contributed by atoms with van der Waals surface area (Å²) in [4.78, 5) is 4.42. The number of nitrogens with two attached hydrogens (primary N) is 1. The Morgan fingerprint density at radius 2 is 2.00 bits per heavy atom. The number of aromatic nitrogens is 2. The summed E-state index contributed by atoms with van der Waals surface area (Å²) in [6.45, 7) is 8.77. The predicted molar refractivity (Wildman–Crippen MR) is 73.0 cm³/mol. The molecule has 0 radical (unpaired) electrons. The quantitative estimate of drug-likeness (QED) is 0.878. The molecule has 0 saturated heterocycles. The molecule has 0 amide bonds. The van der Waals surface area contributed by atoms with Crippen molar-refractivity contribution in [2.75, 3.05) is 5.73 Å². The standard InChI is InChI=1S/C14H21N3/c1-9(2)7-11(4)17-13-8-10(3)5-6-12(13)16-14(17)15/h5-6,8-9,11H,7H2,1-4H3,(H2,15,16). The van der Waals surface area contributed by atoms with Crippen LogP contribution in [0.3, 0.4) is 0 Å². The van der Waals surface area contributed by atoms with Gasteiger partial charge in [0.1, 0.15) is 0 Å². The molecule has 2 rings (SSSR count). The largest absolute Gasteiger partial charge is 0.369 e. The van der Waals surface area contributed by atoms with Gasteiger partial charge in [-0.1, -0.05) is 19.9 Å². The minimum atomic E-state index is 0.391. The topological polar surface area (TPSA) is 43.8 Å². The molecular formula is C14H21N3. The zero-order valence-electron chi connectivity index (χ0n) is 11.1. The van der Waals surface area contributed by atoms with Crippen LogP contribution in [0.2, 0.25) is 0 Å². The minimum Gasteiger partial charge on any atom is -0.369 e. The van der Waals surface area contributed by atoms with Crippen molar-refractivity contribution < 1.29 is 0 Å². The van der Waals surface area contributed by atoms with Gasteiger partial charge >= 0.3 is 0 Å². The van der Waals surface area contributed by atoms with Gasteiger partial charge in [-0.25, -0.2) is 4.98 Å². The second kappa shape index (κ2) is 4.40. The highest BCUT2D eigenvalue weighted by atomic mass is 15.2. The molecule has 0 aliphatic heterocycles. The molecule has 17 heavy (non-hydrogen) atoms. The van der Waals surface area contributed by atoms with E-state index in [4.69, 9.17) is 5.73 Å². The van der Waals surface area contributed by atoms with Gasteiger partial charge in [-0.3, -0.25) is 0 Å². The number of anilines is 1. The molecule has 0 spiro atoms. The molecule has 92 valence electrons. The van der Waals surface area contributed by atoms with Crippen LogP contribution in [-0.4, -0.2) is 9.55 Å². The van der Waals surface area contributed by atoms with E-state index in [1.807, 2.05) is 6.07 Å². The normalized spacial score (nSPS) is 13.5. The summed E-state index contributed by atoms with van der Waals surface area (Å²) in [6.07, 6.45) is 1.11. The van der Waals surface area contributed by atoms with E-state index in [1.54, 1.807) is 0 Å². The Balaban J connectivity index is 2.51. The first-order valence-corrected chi connectivity index (χ1v) is 6.23. The maximum atomic E-state index is 6.03. The second-order valence-electron chi connectivity index (χ2n) is 5.31. The Morgan fingerprint density at radius 3 is 2.65 bits per heavy atom. The number of nitrogens with zero attached hydrogens (tertiary/aromatic N) is 2. The Morgan fingerprint density at radius 1 is 1.29 bits per heavy atom. The molecule has 0 fully saturated rings. The van der Waals surface area contributed by atoms with E-state index in [2.05, 4.69) is 49.4 Å². The van der Waals surface area contributed by atoms with Crippen LogP contribution >= 0.6 is 0 Å². The van der Waals surface area contributed by atoms with Crippen LogP contribution in [-0.2, 0) is 0 Å². The van der Waals surface area contributed by atoms with E-state index >= 15 is 0 Å². The Kier molecular flexibility index (Phi) is 3.09. The van der Waals surface area contributed by atoms with Crippen molar-refractivity contribution in [2.24, 2.45) is 5.92 Å². The van der Waals surface area contributed by atoms with Crippen molar-refractivity contribution in [1.29, 1.82) is 0 Å². The Hall–Kier alpha value is -1.51. The van der Waals surface area contributed by atoms with Crippen molar-refractivity contribution in [3.63, 3.8) is 0 Å². The number of rotatable bonds is 3. The lowest BCUT2D eigenvalue weighted by Crippen LogP contribution is -2.11. The van der Waals surface area contributed by atoms with Gasteiger partial charge in [0.15, 0.2) is 0 Å². The van der Waals surface area contributed by atoms with Gasteiger partial charge in [-0.15, -0.1) is 0 Å². The first-order valence-electron chi connectivity index (χ1n) is 6.23. The molecule has 1 aromatic heterocycles. The van der Waals surface area contributed by atoms with Gasteiger partial charge in [-0.05, 0) is 43.9 Å². The minimum absolute atomic E-state index is 0.391. The fraction of sp³-hybridized carbons (Fsp3) is 0.500. The molecule has 2 N–H and O–H groups in total. The number of aryl methyl sites for hydroxylation is 1. The fourth-order valence-corrected chi connectivity index (χ4v) is 2.47. The van der Waals surface area contributed by atoms with Gasteiger partial charge in [-0.2, -0.15) is 0 Å². The van der Waals surface area contributed by atoms with Gasteiger partial charge in [0.2, 0.25) is 5.95 Å². The van der Waals surface area contributed by atoms with E-state index in [1.165, 1.54) is 5.56 Å². The maximum Gasteiger partial charge on any atom is 0.201 e. The Bertz CT molecular complexity index is 525. The van der Waals surface area contributed by atoms with E-state index in [-0.39, 0.29) is 0 Å². The van der Waals surface area contributed by atoms with Crippen molar-refractivity contribution in [2.45, 2.75) is 40.2 Å². The molecule has 1 heterocycles. The van der Waals surface area contributed by atoms with Crippen LogP contribution in [0.1, 0.15) is 38.8 Å².